The molecule has 1 amide bonds. The quantitative estimate of drug-likeness (QED) is 0.794. The predicted octanol–water partition coefficient (Wildman–Crippen LogP) is 2.11. The first-order chi connectivity index (χ1) is 8.08. The fourth-order valence-electron chi connectivity index (χ4n) is 1.76. The van der Waals surface area contributed by atoms with Crippen molar-refractivity contribution in [2.45, 2.75) is 26.7 Å². The number of amides is 1. The van der Waals surface area contributed by atoms with Crippen molar-refractivity contribution >= 4 is 17.5 Å². The van der Waals surface area contributed by atoms with Crippen LogP contribution in [0.3, 0.4) is 0 Å². The minimum atomic E-state index is -0.0522. The molecule has 0 radical (unpaired) electrons. The first-order valence-corrected chi connectivity index (χ1v) is 6.46. The van der Waals surface area contributed by atoms with Gasteiger partial charge in [-0.15, -0.1) is 11.6 Å². The maximum absolute atomic E-state index is 11.9. The third-order valence-corrected chi connectivity index (χ3v) is 3.12. The molecule has 0 aliphatic heterocycles. The highest BCUT2D eigenvalue weighted by atomic mass is 35.5. The number of alkyl halides is 1. The van der Waals surface area contributed by atoms with Gasteiger partial charge < -0.3 is 5.32 Å². The van der Waals surface area contributed by atoms with Gasteiger partial charge in [-0.05, 0) is 19.3 Å². The molecule has 1 unspecified atom stereocenters. The van der Waals surface area contributed by atoms with Crippen LogP contribution in [0.1, 0.15) is 35.8 Å². The van der Waals surface area contributed by atoms with Crippen molar-refractivity contribution in [2.24, 2.45) is 13.0 Å². The van der Waals surface area contributed by atoms with Crippen LogP contribution >= 0.6 is 11.6 Å². The molecule has 0 aliphatic carbocycles. The lowest BCUT2D eigenvalue weighted by Crippen LogP contribution is -2.29. The van der Waals surface area contributed by atoms with Gasteiger partial charge in [0.1, 0.15) is 0 Å². The van der Waals surface area contributed by atoms with Gasteiger partial charge in [0, 0.05) is 25.7 Å². The van der Waals surface area contributed by atoms with E-state index < -0.39 is 0 Å². The fraction of sp³-hybridized carbons (Fsp3) is 0.667. The van der Waals surface area contributed by atoms with E-state index in [9.17, 15) is 4.79 Å². The third-order valence-electron chi connectivity index (χ3n) is 2.90. The second-order valence-electron chi connectivity index (χ2n) is 4.26. The van der Waals surface area contributed by atoms with Crippen LogP contribution in [0.5, 0.6) is 0 Å². The number of carbonyl (C=O) groups excluding carboxylic acids is 1. The highest BCUT2D eigenvalue weighted by Crippen LogP contribution is 2.09. The number of aryl methyl sites for hydroxylation is 2. The lowest BCUT2D eigenvalue weighted by Gasteiger charge is -2.13. The monoisotopic (exact) mass is 257 g/mol. The van der Waals surface area contributed by atoms with Crippen LogP contribution in [-0.4, -0.2) is 28.1 Å². The van der Waals surface area contributed by atoms with Crippen molar-refractivity contribution < 1.29 is 4.79 Å². The minimum absolute atomic E-state index is 0.0522. The second-order valence-corrected chi connectivity index (χ2v) is 4.64. The van der Waals surface area contributed by atoms with Crippen LogP contribution in [-0.2, 0) is 7.05 Å². The average molecular weight is 258 g/mol. The van der Waals surface area contributed by atoms with Gasteiger partial charge in [0.25, 0.3) is 5.91 Å². The van der Waals surface area contributed by atoms with Crippen LogP contribution in [0.4, 0.5) is 0 Å². The Hall–Kier alpha value is -1.03. The van der Waals surface area contributed by atoms with E-state index in [-0.39, 0.29) is 5.91 Å². The molecule has 0 aliphatic rings. The van der Waals surface area contributed by atoms with E-state index in [0.717, 1.165) is 18.5 Å². The molecule has 0 fully saturated rings. The van der Waals surface area contributed by atoms with E-state index in [0.29, 0.717) is 23.9 Å². The maximum Gasteiger partial charge on any atom is 0.254 e. The Morgan fingerprint density at radius 2 is 2.35 bits per heavy atom. The van der Waals surface area contributed by atoms with E-state index >= 15 is 0 Å². The van der Waals surface area contributed by atoms with E-state index in [4.69, 9.17) is 11.6 Å². The summed E-state index contributed by atoms with van der Waals surface area (Å²) in [5.41, 5.74) is 1.41. The zero-order valence-electron chi connectivity index (χ0n) is 10.7. The van der Waals surface area contributed by atoms with Crippen LogP contribution in [0, 0.1) is 12.8 Å². The van der Waals surface area contributed by atoms with E-state index in [1.807, 2.05) is 14.0 Å². The molecule has 4 nitrogen and oxygen atoms in total. The molecule has 17 heavy (non-hydrogen) atoms. The van der Waals surface area contributed by atoms with E-state index in [2.05, 4.69) is 17.3 Å². The van der Waals surface area contributed by atoms with Gasteiger partial charge in [-0.1, -0.05) is 13.3 Å². The molecule has 0 aromatic carbocycles. The highest BCUT2D eigenvalue weighted by molar-refractivity contribution is 6.17. The van der Waals surface area contributed by atoms with Gasteiger partial charge in [0.05, 0.1) is 11.3 Å². The molecule has 1 N–H and O–H groups in total. The van der Waals surface area contributed by atoms with Crippen molar-refractivity contribution in [3.8, 4) is 0 Å². The maximum atomic E-state index is 11.9. The number of hydrogen-bond donors (Lipinski definition) is 1. The molecule has 0 spiro atoms. The Labute approximate surface area is 107 Å². The van der Waals surface area contributed by atoms with Gasteiger partial charge in [-0.2, -0.15) is 5.10 Å². The molecule has 1 rings (SSSR count). The SMILES string of the molecule is CCC(CCCl)CNC(=O)c1cn(C)nc1C. The van der Waals surface area contributed by atoms with E-state index in [1.165, 1.54) is 0 Å². The van der Waals surface area contributed by atoms with Crippen LogP contribution in [0.25, 0.3) is 0 Å². The Morgan fingerprint density at radius 1 is 1.65 bits per heavy atom. The predicted molar refractivity (Wildman–Crippen MR) is 69.4 cm³/mol. The molecular formula is C12H20ClN3O. The Kier molecular flexibility index (Phi) is 5.48. The van der Waals surface area contributed by atoms with Crippen molar-refractivity contribution in [2.75, 3.05) is 12.4 Å². The average Bonchev–Trinajstić information content (AvgIpc) is 2.63. The second kappa shape index (κ2) is 6.64. The first kappa shape index (κ1) is 14.0. The van der Waals surface area contributed by atoms with Gasteiger partial charge in [0.2, 0.25) is 0 Å². The molecule has 1 heterocycles. The number of carbonyl (C=O) groups is 1. The Morgan fingerprint density at radius 3 is 2.82 bits per heavy atom. The summed E-state index contributed by atoms with van der Waals surface area (Å²) in [5, 5.41) is 7.09. The third kappa shape index (κ3) is 4.04. The van der Waals surface area contributed by atoms with Gasteiger partial charge >= 0.3 is 0 Å². The smallest absolute Gasteiger partial charge is 0.254 e. The number of nitrogens with zero attached hydrogens (tertiary/aromatic N) is 2. The van der Waals surface area contributed by atoms with Crippen molar-refractivity contribution in [3.05, 3.63) is 17.5 Å². The van der Waals surface area contributed by atoms with Crippen molar-refractivity contribution in [3.63, 3.8) is 0 Å². The summed E-state index contributed by atoms with van der Waals surface area (Å²) in [7, 11) is 1.81. The number of rotatable bonds is 6. The van der Waals surface area contributed by atoms with Gasteiger partial charge in [-0.3, -0.25) is 9.48 Å². The number of hydrogen-bond acceptors (Lipinski definition) is 2. The van der Waals surface area contributed by atoms with Gasteiger partial charge in [0.15, 0.2) is 0 Å². The first-order valence-electron chi connectivity index (χ1n) is 5.92. The highest BCUT2D eigenvalue weighted by Gasteiger charge is 2.13. The topological polar surface area (TPSA) is 46.9 Å². The van der Waals surface area contributed by atoms with Crippen LogP contribution < -0.4 is 5.32 Å². The zero-order valence-corrected chi connectivity index (χ0v) is 11.4. The largest absolute Gasteiger partial charge is 0.352 e. The van der Waals surface area contributed by atoms with Crippen LogP contribution in [0.15, 0.2) is 6.20 Å². The molecule has 1 aromatic heterocycles. The lowest BCUT2D eigenvalue weighted by atomic mass is 10.0. The normalized spacial score (nSPS) is 12.5. The molecule has 0 saturated carbocycles. The molecule has 1 aromatic rings. The summed E-state index contributed by atoms with van der Waals surface area (Å²) in [5.74, 6) is 1.04. The van der Waals surface area contributed by atoms with Crippen molar-refractivity contribution in [1.29, 1.82) is 0 Å². The lowest BCUT2D eigenvalue weighted by molar-refractivity contribution is 0.0946. The van der Waals surface area contributed by atoms with Crippen molar-refractivity contribution in [1.82, 2.24) is 15.1 Å². The van der Waals surface area contributed by atoms with E-state index in [1.54, 1.807) is 10.9 Å². The Balaban J connectivity index is 2.52. The number of halogens is 1. The molecule has 0 bridgehead atoms. The standard InChI is InChI=1S/C12H20ClN3O/c1-4-10(5-6-13)7-14-12(17)11-8-16(3)15-9(11)2/h8,10H,4-7H2,1-3H3,(H,14,17). The summed E-state index contributed by atoms with van der Waals surface area (Å²) in [4.78, 5) is 11.9. The molecule has 0 saturated heterocycles. The summed E-state index contributed by atoms with van der Waals surface area (Å²) in [6, 6.07) is 0. The molecule has 5 heteroatoms. The molecule has 96 valence electrons. The molecule has 1 atom stereocenters. The summed E-state index contributed by atoms with van der Waals surface area (Å²) in [6.07, 6.45) is 3.70. The fourth-order valence-corrected chi connectivity index (χ4v) is 2.07. The number of aromatic nitrogens is 2. The van der Waals surface area contributed by atoms with Gasteiger partial charge in [-0.25, -0.2) is 0 Å². The summed E-state index contributed by atoms with van der Waals surface area (Å²) in [6.45, 7) is 4.63. The minimum Gasteiger partial charge on any atom is -0.352 e. The summed E-state index contributed by atoms with van der Waals surface area (Å²) < 4.78 is 1.65. The zero-order chi connectivity index (χ0) is 12.8. The Bertz CT molecular complexity index is 376. The van der Waals surface area contributed by atoms with Crippen LogP contribution in [0.2, 0.25) is 0 Å². The summed E-state index contributed by atoms with van der Waals surface area (Å²) >= 11 is 5.71. The number of nitrogens with one attached hydrogen (secondary N) is 1. The molecular weight excluding hydrogens is 238 g/mol.